The summed E-state index contributed by atoms with van der Waals surface area (Å²) >= 11 is 0. The largest absolute Gasteiger partial charge is 0.388 e. The van der Waals surface area contributed by atoms with E-state index in [1.54, 1.807) is 28.9 Å². The Morgan fingerprint density at radius 2 is 1.98 bits per heavy atom. The molecule has 0 aliphatic carbocycles. The maximum atomic E-state index is 16.1. The van der Waals surface area contributed by atoms with Gasteiger partial charge in [0.25, 0.3) is 0 Å². The molecule has 1 aliphatic heterocycles. The Morgan fingerprint density at radius 1 is 1.17 bits per heavy atom. The lowest BCUT2D eigenvalue weighted by Gasteiger charge is -2.31. The highest BCUT2D eigenvalue weighted by Gasteiger charge is 2.28. The van der Waals surface area contributed by atoms with Crippen LogP contribution in [0.3, 0.4) is 0 Å². The van der Waals surface area contributed by atoms with Crippen LogP contribution in [0, 0.1) is 23.0 Å². The molecular weight excluding hydrogens is 540 g/mol. The number of benzene rings is 2. The highest BCUT2D eigenvalue weighted by molar-refractivity contribution is 5.89. The van der Waals surface area contributed by atoms with Crippen LogP contribution in [0.1, 0.15) is 45.1 Å². The molecule has 1 saturated heterocycles. The van der Waals surface area contributed by atoms with E-state index in [1.807, 2.05) is 19.9 Å². The molecule has 3 N–H and O–H groups in total. The number of imidazole rings is 1. The maximum Gasteiger partial charge on any atom is 0.181 e. The van der Waals surface area contributed by atoms with Crippen LogP contribution in [0.15, 0.2) is 42.7 Å². The lowest BCUT2D eigenvalue weighted by molar-refractivity contribution is 0.0125. The van der Waals surface area contributed by atoms with E-state index < -0.39 is 17.2 Å². The molecule has 3 aromatic heterocycles. The molecule has 2 aromatic carbocycles. The SMILES string of the molecule is CCC(O)(CC)Cn1nnc2cc(-c3c(-c4ccc(C#N)c(F)c4)nc4c(N5CCC[C@@H](N)C5)nccn34)c(F)cc21. The molecule has 1 atom stereocenters. The van der Waals surface area contributed by atoms with Crippen molar-refractivity contribution >= 4 is 22.5 Å². The third kappa shape index (κ3) is 4.74. The summed E-state index contributed by atoms with van der Waals surface area (Å²) in [4.78, 5) is 11.6. The standard InChI is InChI=1S/C30H31F2N9O/c1-3-30(42,4-2)17-41-25-14-23(32)21(13-24(25)37-38-41)27-26(18-7-8-19(15-33)22(31)12-18)36-29-28(35-9-11-40(27)29)39-10-5-6-20(34)16-39/h7-9,11-14,20,42H,3-6,10,16-17,34H2,1-2H3/t20-/m1/s1. The topological polar surface area (TPSA) is 134 Å². The molecule has 6 rings (SSSR count). The van der Waals surface area contributed by atoms with Crippen molar-refractivity contribution in [1.29, 1.82) is 5.26 Å². The second kappa shape index (κ2) is 10.7. The Labute approximate surface area is 241 Å². The van der Waals surface area contributed by atoms with Gasteiger partial charge in [-0.15, -0.1) is 5.10 Å². The molecule has 1 aliphatic rings. The van der Waals surface area contributed by atoms with Crippen LogP contribution in [-0.2, 0) is 6.54 Å². The first-order chi connectivity index (χ1) is 20.2. The molecule has 0 spiro atoms. The van der Waals surface area contributed by atoms with Gasteiger partial charge in [0, 0.05) is 48.7 Å². The van der Waals surface area contributed by atoms with Gasteiger partial charge < -0.3 is 15.7 Å². The molecule has 0 unspecified atom stereocenters. The van der Waals surface area contributed by atoms with Crippen molar-refractivity contribution in [3.05, 3.63) is 59.9 Å². The fourth-order valence-electron chi connectivity index (χ4n) is 5.64. The van der Waals surface area contributed by atoms with Crippen molar-refractivity contribution in [3.63, 3.8) is 0 Å². The van der Waals surface area contributed by atoms with Gasteiger partial charge in [-0.2, -0.15) is 5.26 Å². The number of hydrogen-bond donors (Lipinski definition) is 2. The highest BCUT2D eigenvalue weighted by Crippen LogP contribution is 2.38. The average Bonchev–Trinajstić information content (AvgIpc) is 3.57. The molecule has 0 amide bonds. The molecule has 12 heteroatoms. The van der Waals surface area contributed by atoms with Crippen LogP contribution in [0.4, 0.5) is 14.6 Å². The smallest absolute Gasteiger partial charge is 0.181 e. The van der Waals surface area contributed by atoms with Crippen LogP contribution >= 0.6 is 0 Å². The van der Waals surface area contributed by atoms with Gasteiger partial charge in [0.2, 0.25) is 0 Å². The number of aromatic nitrogens is 6. The van der Waals surface area contributed by atoms with Crippen molar-refractivity contribution < 1.29 is 13.9 Å². The minimum absolute atomic E-state index is 0.0112. The van der Waals surface area contributed by atoms with E-state index in [0.717, 1.165) is 19.4 Å². The zero-order valence-electron chi connectivity index (χ0n) is 23.4. The van der Waals surface area contributed by atoms with Crippen LogP contribution in [0.25, 0.3) is 39.2 Å². The predicted octanol–water partition coefficient (Wildman–Crippen LogP) is 4.44. The summed E-state index contributed by atoms with van der Waals surface area (Å²) in [7, 11) is 0. The van der Waals surface area contributed by atoms with E-state index in [9.17, 15) is 14.8 Å². The molecule has 5 aromatic rings. The third-order valence-electron chi connectivity index (χ3n) is 8.26. The number of halogens is 2. The van der Waals surface area contributed by atoms with Gasteiger partial charge in [-0.3, -0.25) is 4.40 Å². The maximum absolute atomic E-state index is 16.1. The molecule has 0 radical (unpaired) electrons. The normalized spacial score (nSPS) is 15.9. The van der Waals surface area contributed by atoms with Crippen molar-refractivity contribution in [1.82, 2.24) is 29.4 Å². The van der Waals surface area contributed by atoms with Gasteiger partial charge in [-0.1, -0.05) is 25.1 Å². The summed E-state index contributed by atoms with van der Waals surface area (Å²) in [5.74, 6) is -0.658. The minimum atomic E-state index is -0.995. The van der Waals surface area contributed by atoms with Crippen molar-refractivity contribution in [2.75, 3.05) is 18.0 Å². The van der Waals surface area contributed by atoms with E-state index >= 15 is 4.39 Å². The van der Waals surface area contributed by atoms with E-state index in [0.29, 0.717) is 58.8 Å². The quantitative estimate of drug-likeness (QED) is 0.293. The summed E-state index contributed by atoms with van der Waals surface area (Å²) < 4.78 is 34.2. The summed E-state index contributed by atoms with van der Waals surface area (Å²) in [6, 6.07) is 8.98. The predicted molar refractivity (Wildman–Crippen MR) is 155 cm³/mol. The Hall–Kier alpha value is -4.47. The van der Waals surface area contributed by atoms with Crippen molar-refractivity contribution in [3.8, 4) is 28.6 Å². The molecule has 216 valence electrons. The summed E-state index contributed by atoms with van der Waals surface area (Å²) in [6.07, 6.45) is 6.15. The van der Waals surface area contributed by atoms with Crippen LogP contribution < -0.4 is 10.6 Å². The van der Waals surface area contributed by atoms with Crippen LogP contribution in [0.2, 0.25) is 0 Å². The first-order valence-corrected chi connectivity index (χ1v) is 14.1. The number of fused-ring (bicyclic) bond motifs is 2. The second-order valence-corrected chi connectivity index (χ2v) is 10.9. The number of aliphatic hydroxyl groups is 1. The summed E-state index contributed by atoms with van der Waals surface area (Å²) in [5, 5.41) is 28.6. The van der Waals surface area contributed by atoms with Crippen molar-refractivity contribution in [2.24, 2.45) is 5.73 Å². The summed E-state index contributed by atoms with van der Waals surface area (Å²) in [6.45, 7) is 5.30. The monoisotopic (exact) mass is 571 g/mol. The Kier molecular flexibility index (Phi) is 7.08. The van der Waals surface area contributed by atoms with Gasteiger partial charge in [0.05, 0.1) is 34.6 Å². The van der Waals surface area contributed by atoms with E-state index in [-0.39, 0.29) is 23.7 Å². The van der Waals surface area contributed by atoms with E-state index in [1.165, 1.54) is 22.9 Å². The highest BCUT2D eigenvalue weighted by atomic mass is 19.1. The van der Waals surface area contributed by atoms with Gasteiger partial charge in [-0.05, 0) is 43.9 Å². The Morgan fingerprint density at radius 3 is 2.69 bits per heavy atom. The number of rotatable bonds is 7. The van der Waals surface area contributed by atoms with Gasteiger partial charge in [0.15, 0.2) is 11.5 Å². The minimum Gasteiger partial charge on any atom is -0.388 e. The number of nitrogens with two attached hydrogens (primary N) is 1. The van der Waals surface area contributed by atoms with Crippen LogP contribution in [0.5, 0.6) is 0 Å². The van der Waals surface area contributed by atoms with Gasteiger partial charge >= 0.3 is 0 Å². The van der Waals surface area contributed by atoms with Crippen LogP contribution in [-0.4, -0.2) is 59.2 Å². The number of nitrogens with zero attached hydrogens (tertiary/aromatic N) is 8. The molecular formula is C30H31F2N9O. The number of hydrogen-bond acceptors (Lipinski definition) is 8. The molecule has 1 fully saturated rings. The Bertz CT molecular complexity index is 1840. The first-order valence-electron chi connectivity index (χ1n) is 14.1. The average molecular weight is 572 g/mol. The molecule has 10 nitrogen and oxygen atoms in total. The lowest BCUT2D eigenvalue weighted by atomic mass is 9.97. The molecule has 0 saturated carbocycles. The lowest BCUT2D eigenvalue weighted by Crippen LogP contribution is -2.43. The van der Waals surface area contributed by atoms with Crippen molar-refractivity contribution in [2.45, 2.75) is 57.7 Å². The number of nitriles is 1. The number of piperidine rings is 1. The molecule has 0 bridgehead atoms. The van der Waals surface area contributed by atoms with E-state index in [4.69, 9.17) is 10.7 Å². The Balaban J connectivity index is 1.57. The zero-order chi connectivity index (χ0) is 29.6. The number of anilines is 1. The molecule has 42 heavy (non-hydrogen) atoms. The van der Waals surface area contributed by atoms with Gasteiger partial charge in [-0.25, -0.2) is 23.4 Å². The van der Waals surface area contributed by atoms with E-state index in [2.05, 4.69) is 20.2 Å². The third-order valence-corrected chi connectivity index (χ3v) is 8.26. The fourth-order valence-corrected chi connectivity index (χ4v) is 5.64. The fraction of sp³-hybridized carbons (Fsp3) is 0.367. The summed E-state index contributed by atoms with van der Waals surface area (Å²) in [5.41, 5.74) is 7.79. The zero-order valence-corrected chi connectivity index (χ0v) is 23.4. The molecule has 4 heterocycles. The first kappa shape index (κ1) is 27.7. The second-order valence-electron chi connectivity index (χ2n) is 10.9. The van der Waals surface area contributed by atoms with Gasteiger partial charge in [0.1, 0.15) is 23.2 Å².